The fourth-order valence-corrected chi connectivity index (χ4v) is 1.81. The minimum Gasteiger partial charge on any atom is -0.309 e. The third-order valence-electron chi connectivity index (χ3n) is 3.01. The van der Waals surface area contributed by atoms with Crippen molar-refractivity contribution >= 4 is 0 Å². The van der Waals surface area contributed by atoms with Gasteiger partial charge in [-0.15, -0.1) is 0 Å². The van der Waals surface area contributed by atoms with Crippen molar-refractivity contribution in [1.29, 1.82) is 0 Å². The topological polar surface area (TPSA) is 3.24 Å². The highest BCUT2D eigenvalue weighted by Gasteiger charge is 2.09. The lowest BCUT2D eigenvalue weighted by molar-refractivity contribution is 0.413. The molecule has 0 saturated carbocycles. The fraction of sp³-hybridized carbons (Fsp3) is 0.467. The Morgan fingerprint density at radius 1 is 1.19 bits per heavy atom. The Hall–Kier alpha value is -1.08. The van der Waals surface area contributed by atoms with Crippen LogP contribution in [-0.2, 0) is 0 Å². The molecule has 0 amide bonds. The van der Waals surface area contributed by atoms with Crippen molar-refractivity contribution in [3.05, 3.63) is 47.6 Å². The smallest absolute Gasteiger partial charge is 0.00156 e. The molecule has 0 fully saturated rings. The third kappa shape index (κ3) is 3.82. The Labute approximate surface area is 99.8 Å². The second-order valence-corrected chi connectivity index (χ2v) is 4.82. The average molecular weight is 217 g/mol. The van der Waals surface area contributed by atoms with Gasteiger partial charge in [0, 0.05) is 6.54 Å². The van der Waals surface area contributed by atoms with E-state index < -0.39 is 0 Å². The maximum absolute atomic E-state index is 4.17. The number of hydrogen-bond donors (Lipinski definition) is 0. The van der Waals surface area contributed by atoms with Crippen molar-refractivity contribution in [2.24, 2.45) is 0 Å². The van der Waals surface area contributed by atoms with Gasteiger partial charge >= 0.3 is 0 Å². The molecule has 88 valence electrons. The van der Waals surface area contributed by atoms with Crippen LogP contribution in [0.2, 0.25) is 0 Å². The molecule has 0 atom stereocenters. The zero-order valence-corrected chi connectivity index (χ0v) is 10.8. The summed E-state index contributed by atoms with van der Waals surface area (Å²) in [4.78, 5) is 2.20. The van der Waals surface area contributed by atoms with Gasteiger partial charge in [-0.2, -0.15) is 0 Å². The third-order valence-corrected chi connectivity index (χ3v) is 3.01. The second-order valence-electron chi connectivity index (χ2n) is 4.82. The first-order valence-corrected chi connectivity index (χ1v) is 5.89. The van der Waals surface area contributed by atoms with E-state index in [0.717, 1.165) is 25.8 Å². The molecule has 1 aliphatic rings. The van der Waals surface area contributed by atoms with Crippen molar-refractivity contribution in [2.75, 3.05) is 20.6 Å². The van der Waals surface area contributed by atoms with Crippen molar-refractivity contribution in [2.45, 2.75) is 26.2 Å². The highest BCUT2D eigenvalue weighted by atomic mass is 15.0. The van der Waals surface area contributed by atoms with Gasteiger partial charge in [-0.25, -0.2) is 0 Å². The van der Waals surface area contributed by atoms with Crippen LogP contribution in [-0.4, -0.2) is 25.5 Å². The zero-order valence-electron chi connectivity index (χ0n) is 10.8. The molecule has 0 heterocycles. The Morgan fingerprint density at radius 3 is 2.19 bits per heavy atom. The van der Waals surface area contributed by atoms with Gasteiger partial charge in [0.2, 0.25) is 0 Å². The molecule has 0 unspecified atom stereocenters. The Kier molecular flexibility index (Phi) is 4.75. The van der Waals surface area contributed by atoms with Crippen LogP contribution in [0.15, 0.2) is 47.6 Å². The summed E-state index contributed by atoms with van der Waals surface area (Å²) < 4.78 is 0. The fourth-order valence-electron chi connectivity index (χ4n) is 1.81. The van der Waals surface area contributed by atoms with Crippen LogP contribution in [0.1, 0.15) is 26.2 Å². The molecule has 0 radical (unpaired) electrons. The average Bonchev–Trinajstić information content (AvgIpc) is 2.26. The molecular weight excluding hydrogens is 194 g/mol. The Balaban J connectivity index is 2.56. The van der Waals surface area contributed by atoms with Crippen LogP contribution in [0, 0.1) is 0 Å². The van der Waals surface area contributed by atoms with Gasteiger partial charge in [0.25, 0.3) is 0 Å². The summed E-state index contributed by atoms with van der Waals surface area (Å²) in [6.07, 6.45) is 7.70. The summed E-state index contributed by atoms with van der Waals surface area (Å²) in [6, 6.07) is 0. The van der Waals surface area contributed by atoms with Crippen molar-refractivity contribution in [3.63, 3.8) is 0 Å². The molecule has 16 heavy (non-hydrogen) atoms. The molecule has 0 bridgehead atoms. The second kappa shape index (κ2) is 5.86. The Bertz CT molecular complexity index is 342. The lowest BCUT2D eigenvalue weighted by atomic mass is 9.90. The van der Waals surface area contributed by atoms with E-state index in [0.29, 0.717) is 0 Å². The van der Waals surface area contributed by atoms with Crippen LogP contribution in [0.25, 0.3) is 0 Å². The first-order chi connectivity index (χ1) is 7.50. The minimum absolute atomic E-state index is 1.06. The van der Waals surface area contributed by atoms with E-state index >= 15 is 0 Å². The molecule has 0 spiro atoms. The van der Waals surface area contributed by atoms with E-state index in [2.05, 4.69) is 51.2 Å². The molecule has 1 rings (SSSR count). The highest BCUT2D eigenvalue weighted by Crippen LogP contribution is 2.27. The van der Waals surface area contributed by atoms with E-state index in [1.54, 1.807) is 0 Å². The van der Waals surface area contributed by atoms with Crippen molar-refractivity contribution < 1.29 is 0 Å². The molecule has 0 aromatic carbocycles. The van der Waals surface area contributed by atoms with E-state index in [9.17, 15) is 0 Å². The first-order valence-electron chi connectivity index (χ1n) is 5.89. The van der Waals surface area contributed by atoms with Crippen LogP contribution >= 0.6 is 0 Å². The van der Waals surface area contributed by atoms with Gasteiger partial charge < -0.3 is 4.90 Å². The van der Waals surface area contributed by atoms with Crippen LogP contribution in [0.5, 0.6) is 0 Å². The SMILES string of the molecule is C=C(C)C1=CC=C(C(=C)CCN(C)C)CC1. The highest BCUT2D eigenvalue weighted by molar-refractivity contribution is 5.41. The van der Waals surface area contributed by atoms with Gasteiger partial charge in [-0.3, -0.25) is 0 Å². The molecule has 1 nitrogen and oxygen atoms in total. The molecule has 0 N–H and O–H groups in total. The molecule has 0 saturated heterocycles. The first kappa shape index (κ1) is 13.0. The van der Waals surface area contributed by atoms with Gasteiger partial charge in [-0.05, 0) is 51.4 Å². The predicted octanol–water partition coefficient (Wildman–Crippen LogP) is 3.72. The van der Waals surface area contributed by atoms with E-state index in [1.807, 2.05) is 0 Å². The molecule has 1 aliphatic carbocycles. The lowest BCUT2D eigenvalue weighted by Gasteiger charge is -2.18. The van der Waals surface area contributed by atoms with E-state index in [4.69, 9.17) is 0 Å². The molecule has 0 aromatic heterocycles. The summed E-state index contributed by atoms with van der Waals surface area (Å²) in [5, 5.41) is 0. The van der Waals surface area contributed by atoms with E-state index in [1.165, 1.54) is 22.3 Å². The van der Waals surface area contributed by atoms with Gasteiger partial charge in [-0.1, -0.05) is 36.5 Å². The molecule has 1 heteroatoms. The molecular formula is C15H23N. The number of hydrogen-bond acceptors (Lipinski definition) is 1. The van der Waals surface area contributed by atoms with Crippen LogP contribution < -0.4 is 0 Å². The number of allylic oxidation sites excluding steroid dienone is 5. The lowest BCUT2D eigenvalue weighted by Crippen LogP contribution is -2.14. The van der Waals surface area contributed by atoms with E-state index in [-0.39, 0.29) is 0 Å². The van der Waals surface area contributed by atoms with Gasteiger partial charge in [0.05, 0.1) is 0 Å². The largest absolute Gasteiger partial charge is 0.309 e. The van der Waals surface area contributed by atoms with Crippen LogP contribution in [0.4, 0.5) is 0 Å². The quantitative estimate of drug-likeness (QED) is 0.678. The maximum atomic E-state index is 4.17. The van der Waals surface area contributed by atoms with Gasteiger partial charge in [0.15, 0.2) is 0 Å². The summed E-state index contributed by atoms with van der Waals surface area (Å²) in [6.45, 7) is 11.3. The number of nitrogens with zero attached hydrogens (tertiary/aromatic N) is 1. The standard InChI is InChI=1S/C15H23N/c1-12(2)14-6-8-15(9-7-14)13(3)10-11-16(4)5/h6,8H,1,3,7,9-11H2,2,4-5H3. The van der Waals surface area contributed by atoms with Crippen molar-refractivity contribution in [1.82, 2.24) is 4.90 Å². The van der Waals surface area contributed by atoms with Crippen molar-refractivity contribution in [3.8, 4) is 0 Å². The van der Waals surface area contributed by atoms with Crippen LogP contribution in [0.3, 0.4) is 0 Å². The Morgan fingerprint density at radius 2 is 1.75 bits per heavy atom. The summed E-state index contributed by atoms with van der Waals surface area (Å²) in [5.41, 5.74) is 5.26. The zero-order chi connectivity index (χ0) is 12.1. The monoisotopic (exact) mass is 217 g/mol. The number of rotatable bonds is 5. The summed E-state index contributed by atoms with van der Waals surface area (Å²) in [7, 11) is 4.20. The molecule has 0 aromatic rings. The normalized spacial score (nSPS) is 15.8. The minimum atomic E-state index is 1.06. The van der Waals surface area contributed by atoms with Gasteiger partial charge in [0.1, 0.15) is 0 Å². The maximum Gasteiger partial charge on any atom is 0.00156 e. The molecule has 0 aliphatic heterocycles. The predicted molar refractivity (Wildman–Crippen MR) is 72.5 cm³/mol. The summed E-state index contributed by atoms with van der Waals surface area (Å²) in [5.74, 6) is 0. The summed E-state index contributed by atoms with van der Waals surface area (Å²) >= 11 is 0.